The van der Waals surface area contributed by atoms with Gasteiger partial charge in [0.05, 0.1) is 12.1 Å². The first kappa shape index (κ1) is 30.3. The number of hydrogen-bond donors (Lipinski definition) is 2. The molecule has 0 amide bonds. The summed E-state index contributed by atoms with van der Waals surface area (Å²) in [5.74, 6) is -2.09. The van der Waals surface area contributed by atoms with Gasteiger partial charge in [-0.3, -0.25) is 4.79 Å². The summed E-state index contributed by atoms with van der Waals surface area (Å²) in [6.07, 6.45) is 15.9. The first-order valence-electron chi connectivity index (χ1n) is 9.52. The van der Waals surface area contributed by atoms with Crippen molar-refractivity contribution < 1.29 is 76.3 Å². The van der Waals surface area contributed by atoms with Crippen molar-refractivity contribution in [1.82, 2.24) is 0 Å². The normalized spacial score (nSPS) is 11.0. The van der Waals surface area contributed by atoms with Gasteiger partial charge in [0.25, 0.3) is 0 Å². The molecule has 0 aliphatic carbocycles. The molecule has 0 aromatic carbocycles. The van der Waals surface area contributed by atoms with E-state index in [1.165, 1.54) is 70.6 Å². The van der Waals surface area contributed by atoms with E-state index in [2.05, 4.69) is 6.92 Å². The monoisotopic (exact) mass is 384 g/mol. The average Bonchev–Trinajstić information content (AvgIpc) is 2.52. The summed E-state index contributed by atoms with van der Waals surface area (Å²) in [6, 6.07) is 0. The zero-order valence-corrected chi connectivity index (χ0v) is 19.7. The summed E-state index contributed by atoms with van der Waals surface area (Å²) < 4.78 is 0. The van der Waals surface area contributed by atoms with Crippen LogP contribution in [0.3, 0.4) is 0 Å². The Labute approximate surface area is 196 Å². The molecule has 1 unspecified atom stereocenters. The van der Waals surface area contributed by atoms with E-state index in [4.69, 9.17) is 10.2 Å². The van der Waals surface area contributed by atoms with E-state index in [9.17, 15) is 14.7 Å². The molecular formula is C19H37KO5. The van der Waals surface area contributed by atoms with Crippen LogP contribution in [0.15, 0.2) is 0 Å². The second kappa shape index (κ2) is 24.5. The minimum absolute atomic E-state index is 0. The molecule has 144 valence electrons. The Morgan fingerprint density at radius 3 is 1.32 bits per heavy atom. The van der Waals surface area contributed by atoms with Crippen molar-refractivity contribution in [1.29, 1.82) is 0 Å². The molecule has 0 bridgehead atoms. The molecule has 6 heteroatoms. The zero-order chi connectivity index (χ0) is 18.6. The van der Waals surface area contributed by atoms with Crippen LogP contribution in [0.4, 0.5) is 0 Å². The maximum Gasteiger partial charge on any atom is 1.00 e. The summed E-state index contributed by atoms with van der Waals surface area (Å²) in [7, 11) is 0. The van der Waals surface area contributed by atoms with Gasteiger partial charge in [-0.25, -0.2) is 0 Å². The number of aliphatic hydroxyl groups excluding tert-OH is 1. The Hall–Kier alpha value is 0.536. The van der Waals surface area contributed by atoms with Crippen LogP contribution >= 0.6 is 0 Å². The number of aliphatic hydroxyl groups is 1. The largest absolute Gasteiger partial charge is 1.00 e. The fourth-order valence-corrected chi connectivity index (χ4v) is 2.29. The van der Waals surface area contributed by atoms with Gasteiger partial charge < -0.3 is 20.1 Å². The van der Waals surface area contributed by atoms with Gasteiger partial charge in [0.15, 0.2) is 0 Å². The van der Waals surface area contributed by atoms with E-state index in [1.54, 1.807) is 0 Å². The average molecular weight is 385 g/mol. The van der Waals surface area contributed by atoms with Crippen LogP contribution in [-0.2, 0) is 9.59 Å². The number of rotatable bonds is 15. The van der Waals surface area contributed by atoms with Crippen molar-refractivity contribution in [2.75, 3.05) is 0 Å². The van der Waals surface area contributed by atoms with Crippen LogP contribution in [0, 0.1) is 0 Å². The zero-order valence-electron chi connectivity index (χ0n) is 16.6. The predicted molar refractivity (Wildman–Crippen MR) is 94.6 cm³/mol. The number of unbranched alkanes of at least 4 members (excludes halogenated alkanes) is 12. The maximum absolute atomic E-state index is 10.3. The van der Waals surface area contributed by atoms with E-state index < -0.39 is 18.0 Å². The Morgan fingerprint density at radius 2 is 1.08 bits per heavy atom. The molecule has 2 N–H and O–H groups in total. The molecule has 0 saturated heterocycles. The summed E-state index contributed by atoms with van der Waals surface area (Å²) >= 11 is 0. The van der Waals surface area contributed by atoms with Gasteiger partial charge in [-0.15, -0.1) is 0 Å². The summed E-state index contributed by atoms with van der Waals surface area (Å²) in [5.41, 5.74) is 0. The van der Waals surface area contributed by atoms with E-state index in [-0.39, 0.29) is 51.4 Å². The molecule has 0 aromatic heterocycles. The molecule has 0 aromatic rings. The smallest absolute Gasteiger partial charge is 0.547 e. The SMILES string of the molecule is CC(O)C(=O)[O-].CCCCCCCCCCCCCCCC(=O)O.[K+]. The van der Waals surface area contributed by atoms with E-state index in [0.29, 0.717) is 6.42 Å². The van der Waals surface area contributed by atoms with Crippen molar-refractivity contribution in [3.8, 4) is 0 Å². The van der Waals surface area contributed by atoms with Crippen molar-refractivity contribution in [3.63, 3.8) is 0 Å². The van der Waals surface area contributed by atoms with Gasteiger partial charge >= 0.3 is 57.4 Å². The van der Waals surface area contributed by atoms with Crippen molar-refractivity contribution >= 4 is 11.9 Å². The van der Waals surface area contributed by atoms with Gasteiger partial charge in [-0.1, -0.05) is 84.0 Å². The Morgan fingerprint density at radius 1 is 0.800 bits per heavy atom. The van der Waals surface area contributed by atoms with Crippen molar-refractivity contribution in [2.24, 2.45) is 0 Å². The van der Waals surface area contributed by atoms with Crippen LogP contribution < -0.4 is 56.5 Å². The minimum Gasteiger partial charge on any atom is -0.547 e. The third-order valence-electron chi connectivity index (χ3n) is 3.84. The quantitative estimate of drug-likeness (QED) is 0.319. The number of carbonyl (C=O) groups excluding carboxylic acids is 1. The van der Waals surface area contributed by atoms with Crippen LogP contribution in [0.25, 0.3) is 0 Å². The van der Waals surface area contributed by atoms with Crippen molar-refractivity contribution in [3.05, 3.63) is 0 Å². The molecule has 0 saturated carbocycles. The Kier molecular flexibility index (Phi) is 29.7. The summed E-state index contributed by atoms with van der Waals surface area (Å²) in [4.78, 5) is 19.6. The maximum atomic E-state index is 10.3. The van der Waals surface area contributed by atoms with Gasteiger partial charge in [-0.05, 0) is 13.3 Å². The van der Waals surface area contributed by atoms with E-state index >= 15 is 0 Å². The van der Waals surface area contributed by atoms with Crippen LogP contribution in [0.1, 0.15) is 104 Å². The fourth-order valence-electron chi connectivity index (χ4n) is 2.29. The third-order valence-corrected chi connectivity index (χ3v) is 3.84. The standard InChI is InChI=1S/C16H32O2.C3H6O3.K/c1-2-3-4-5-6-7-8-9-10-11-12-13-14-15-16(17)18;1-2(4)3(5)6;/h2-15H2,1H3,(H,17,18);2,4H,1H3,(H,5,6);/q;;+1/p-1. The van der Waals surface area contributed by atoms with Crippen LogP contribution in [-0.4, -0.2) is 28.3 Å². The van der Waals surface area contributed by atoms with Gasteiger partial charge in [0.1, 0.15) is 0 Å². The van der Waals surface area contributed by atoms with Gasteiger partial charge in [0.2, 0.25) is 0 Å². The second-order valence-corrected chi connectivity index (χ2v) is 6.38. The third kappa shape index (κ3) is 32.7. The molecular weight excluding hydrogens is 347 g/mol. The molecule has 0 fully saturated rings. The van der Waals surface area contributed by atoms with E-state index in [0.717, 1.165) is 19.8 Å². The van der Waals surface area contributed by atoms with E-state index in [1.807, 2.05) is 0 Å². The van der Waals surface area contributed by atoms with Crippen molar-refractivity contribution in [2.45, 2.75) is 110 Å². The first-order chi connectivity index (χ1) is 11.4. The fraction of sp³-hybridized carbons (Fsp3) is 0.895. The number of carboxylic acid groups (broad SMARTS) is 2. The number of hydrogen-bond acceptors (Lipinski definition) is 4. The second-order valence-electron chi connectivity index (χ2n) is 6.38. The number of carbonyl (C=O) groups is 2. The topological polar surface area (TPSA) is 97.7 Å². The Bertz CT molecular complexity index is 296. The number of aliphatic carboxylic acids is 2. The molecule has 0 rings (SSSR count). The van der Waals surface area contributed by atoms with Crippen LogP contribution in [0.5, 0.6) is 0 Å². The summed E-state index contributed by atoms with van der Waals surface area (Å²) in [5, 5.41) is 25.8. The minimum atomic E-state index is -1.44. The van der Waals surface area contributed by atoms with Gasteiger partial charge in [0, 0.05) is 6.42 Å². The molecule has 0 aliphatic heterocycles. The first-order valence-corrected chi connectivity index (χ1v) is 9.52. The molecule has 5 nitrogen and oxygen atoms in total. The summed E-state index contributed by atoms with van der Waals surface area (Å²) in [6.45, 7) is 3.39. The molecule has 1 atom stereocenters. The molecule has 0 heterocycles. The van der Waals surface area contributed by atoms with Crippen LogP contribution in [0.2, 0.25) is 0 Å². The molecule has 0 spiro atoms. The number of carboxylic acids is 2. The van der Waals surface area contributed by atoms with Gasteiger partial charge in [-0.2, -0.15) is 0 Å². The molecule has 0 aliphatic rings. The molecule has 25 heavy (non-hydrogen) atoms. The molecule has 0 radical (unpaired) electrons. The Balaban J connectivity index is -0.000000592. The predicted octanol–water partition coefficient (Wildman–Crippen LogP) is 0.673.